The van der Waals surface area contributed by atoms with Crippen molar-refractivity contribution in [2.45, 2.75) is 19.8 Å². The molecule has 3 aromatic heterocycles. The zero-order valence-corrected chi connectivity index (χ0v) is 22.9. The Morgan fingerprint density at radius 2 is 1.82 bits per heavy atom. The van der Waals surface area contributed by atoms with Gasteiger partial charge in [0, 0.05) is 15.6 Å². The lowest BCUT2D eigenvalue weighted by atomic mass is 9.96. The van der Waals surface area contributed by atoms with Gasteiger partial charge in [0.25, 0.3) is 5.56 Å². The predicted molar refractivity (Wildman–Crippen MR) is 157 cm³/mol. The molecule has 0 saturated heterocycles. The zero-order valence-electron chi connectivity index (χ0n) is 20.6. The number of fused-ring (bicyclic) bond motifs is 3. The third-order valence-electron chi connectivity index (χ3n) is 6.51. The van der Waals surface area contributed by atoms with Crippen molar-refractivity contribution in [2.24, 2.45) is 4.99 Å². The molecule has 0 aliphatic heterocycles. The number of pyridine rings is 1. The number of hydrogen-bond acceptors (Lipinski definition) is 7. The Labute approximate surface area is 237 Å². The van der Waals surface area contributed by atoms with E-state index < -0.39 is 0 Å². The maximum atomic E-state index is 14.1. The predicted octanol–water partition coefficient (Wildman–Crippen LogP) is 7.33. The summed E-state index contributed by atoms with van der Waals surface area (Å²) in [5, 5.41) is 11.4. The summed E-state index contributed by atoms with van der Waals surface area (Å²) >= 11 is 13.4. The first-order valence-corrected chi connectivity index (χ1v) is 13.7. The molecule has 5 aromatic rings. The highest BCUT2D eigenvalue weighted by Gasteiger charge is 2.28. The van der Waals surface area contributed by atoms with Gasteiger partial charge in [0.1, 0.15) is 6.07 Å². The molecular formula is C29H19Cl2N5O2S. The van der Waals surface area contributed by atoms with Crippen molar-refractivity contribution < 1.29 is 4.74 Å². The van der Waals surface area contributed by atoms with E-state index in [0.29, 0.717) is 39.1 Å². The van der Waals surface area contributed by atoms with E-state index in [-0.39, 0.29) is 16.3 Å². The molecule has 0 unspecified atom stereocenters. The van der Waals surface area contributed by atoms with Crippen LogP contribution < -0.4 is 5.56 Å². The number of hydrogen-bond donors (Lipinski definition) is 0. The van der Waals surface area contributed by atoms with Crippen molar-refractivity contribution in [3.63, 3.8) is 0 Å². The van der Waals surface area contributed by atoms with Gasteiger partial charge in [0.05, 0.1) is 17.7 Å². The van der Waals surface area contributed by atoms with Crippen molar-refractivity contribution in [3.05, 3.63) is 90.6 Å². The summed E-state index contributed by atoms with van der Waals surface area (Å²) in [4.78, 5) is 28.7. The Balaban J connectivity index is 1.68. The van der Waals surface area contributed by atoms with Gasteiger partial charge < -0.3 is 4.74 Å². The van der Waals surface area contributed by atoms with Crippen molar-refractivity contribution >= 4 is 74.4 Å². The first-order valence-electron chi connectivity index (χ1n) is 12.2. The van der Waals surface area contributed by atoms with Gasteiger partial charge in [-0.2, -0.15) is 15.2 Å². The standard InChI is InChI=1S/C29H19Cl2N5O2S/c1-2-38-15-33-27-22(14-32)39-29-35-26-24(28(37)36(27)29)23(17-5-10-20(31)11-6-17)21-12-7-18(25(21)34-26)13-16-3-8-19(30)9-4-16/h3-6,8-11,13,15H,2,7,12H2,1H3/b18-13+,33-15+. The molecule has 6 rings (SSSR count). The normalized spacial score (nSPS) is 13.9. The highest BCUT2D eigenvalue weighted by molar-refractivity contribution is 7.18. The molecule has 0 saturated carbocycles. The summed E-state index contributed by atoms with van der Waals surface area (Å²) in [7, 11) is 0. The van der Waals surface area contributed by atoms with Crippen LogP contribution in [0.5, 0.6) is 0 Å². The first-order chi connectivity index (χ1) is 19.0. The van der Waals surface area contributed by atoms with E-state index in [9.17, 15) is 10.1 Å². The third kappa shape index (κ3) is 4.49. The molecule has 0 spiro atoms. The number of aromatic nitrogens is 3. The zero-order chi connectivity index (χ0) is 27.1. The Hall–Kier alpha value is -4.03. The Morgan fingerprint density at radius 1 is 1.10 bits per heavy atom. The van der Waals surface area contributed by atoms with E-state index in [1.54, 1.807) is 12.1 Å². The number of ether oxygens (including phenoxy) is 1. The maximum Gasteiger partial charge on any atom is 0.270 e. The summed E-state index contributed by atoms with van der Waals surface area (Å²) in [6.45, 7) is 2.23. The second kappa shape index (κ2) is 10.3. The average Bonchev–Trinajstić information content (AvgIpc) is 3.50. The summed E-state index contributed by atoms with van der Waals surface area (Å²) in [5.41, 5.74) is 5.42. The SMILES string of the molecule is CCO/C=N/c1c(C#N)sc2nc3nc4c(c(-c5ccc(Cl)cc5)c3c(=O)n12)CC/C4=C\c1ccc(Cl)cc1. The summed E-state index contributed by atoms with van der Waals surface area (Å²) in [6.07, 6.45) is 4.81. The minimum absolute atomic E-state index is 0.191. The molecule has 1 aliphatic carbocycles. The minimum atomic E-state index is -0.341. The third-order valence-corrected chi connectivity index (χ3v) is 7.95. The lowest BCUT2D eigenvalue weighted by molar-refractivity contribution is 0.344. The Morgan fingerprint density at radius 3 is 2.51 bits per heavy atom. The van der Waals surface area contributed by atoms with Gasteiger partial charge in [-0.25, -0.2) is 9.38 Å². The van der Waals surface area contributed by atoms with Crippen molar-refractivity contribution in [1.82, 2.24) is 14.4 Å². The van der Waals surface area contributed by atoms with Crippen LogP contribution in [0.3, 0.4) is 0 Å². The molecular weight excluding hydrogens is 553 g/mol. The smallest absolute Gasteiger partial charge is 0.270 e. The highest BCUT2D eigenvalue weighted by Crippen LogP contribution is 2.42. The van der Waals surface area contributed by atoms with Gasteiger partial charge in [-0.15, -0.1) is 0 Å². The number of allylic oxidation sites excluding steroid dienone is 1. The van der Waals surface area contributed by atoms with Crippen LogP contribution in [0.25, 0.3) is 38.8 Å². The van der Waals surface area contributed by atoms with Crippen molar-refractivity contribution in [2.75, 3.05) is 6.61 Å². The fourth-order valence-electron chi connectivity index (χ4n) is 4.80. The first kappa shape index (κ1) is 25.3. The van der Waals surface area contributed by atoms with E-state index in [1.165, 1.54) is 10.8 Å². The van der Waals surface area contributed by atoms with E-state index in [1.807, 2.05) is 43.3 Å². The number of halogens is 2. The number of nitriles is 1. The molecule has 0 atom stereocenters. The topological polar surface area (TPSA) is 92.6 Å². The second-order valence-corrected chi connectivity index (χ2v) is 10.7. The van der Waals surface area contributed by atoms with Crippen molar-refractivity contribution in [3.8, 4) is 17.2 Å². The van der Waals surface area contributed by atoms with E-state index in [4.69, 9.17) is 37.9 Å². The largest absolute Gasteiger partial charge is 0.483 e. The van der Waals surface area contributed by atoms with Crippen LogP contribution in [0, 0.1) is 11.3 Å². The number of aliphatic imine (C=N–C) groups is 1. The molecule has 2 aromatic carbocycles. The molecule has 0 N–H and O–H groups in total. The Kier molecular flexibility index (Phi) is 6.65. The fraction of sp³-hybridized carbons (Fsp3) is 0.138. The summed E-state index contributed by atoms with van der Waals surface area (Å²) in [5.74, 6) is 0.191. The molecule has 0 bridgehead atoms. The molecule has 1 aliphatic rings. The molecule has 10 heteroatoms. The van der Waals surface area contributed by atoms with Gasteiger partial charge in [0.2, 0.25) is 4.96 Å². The molecule has 0 amide bonds. The molecule has 7 nitrogen and oxygen atoms in total. The van der Waals surface area contributed by atoms with Crippen LogP contribution in [0.15, 0.2) is 58.3 Å². The maximum absolute atomic E-state index is 14.1. The minimum Gasteiger partial charge on any atom is -0.483 e. The van der Waals surface area contributed by atoms with Crippen LogP contribution in [0.4, 0.5) is 5.82 Å². The van der Waals surface area contributed by atoms with Gasteiger partial charge in [-0.3, -0.25) is 4.79 Å². The molecule has 0 fully saturated rings. The number of nitrogens with zero attached hydrogens (tertiary/aromatic N) is 5. The number of rotatable bonds is 5. The molecule has 192 valence electrons. The van der Waals surface area contributed by atoms with E-state index >= 15 is 0 Å². The van der Waals surface area contributed by atoms with Gasteiger partial charge >= 0.3 is 0 Å². The van der Waals surface area contributed by atoms with Crippen LogP contribution >= 0.6 is 34.5 Å². The average molecular weight is 572 g/mol. The monoisotopic (exact) mass is 571 g/mol. The van der Waals surface area contributed by atoms with Crippen LogP contribution in [0.2, 0.25) is 10.0 Å². The van der Waals surface area contributed by atoms with Crippen LogP contribution in [0.1, 0.15) is 35.0 Å². The van der Waals surface area contributed by atoms with Crippen molar-refractivity contribution in [1.29, 1.82) is 5.26 Å². The van der Waals surface area contributed by atoms with E-state index in [0.717, 1.165) is 51.3 Å². The fourth-order valence-corrected chi connectivity index (χ4v) is 5.91. The number of thiazole rings is 1. The molecule has 0 radical (unpaired) electrons. The lowest BCUT2D eigenvalue weighted by Gasteiger charge is -2.13. The Bertz CT molecular complexity index is 1920. The quantitative estimate of drug-likeness (QED) is 0.162. The summed E-state index contributed by atoms with van der Waals surface area (Å²) < 4.78 is 6.61. The number of benzene rings is 2. The van der Waals surface area contributed by atoms with Gasteiger partial charge in [0.15, 0.2) is 22.7 Å². The molecule has 3 heterocycles. The molecule has 39 heavy (non-hydrogen) atoms. The highest BCUT2D eigenvalue weighted by atomic mass is 35.5. The van der Waals surface area contributed by atoms with Crippen LogP contribution in [-0.4, -0.2) is 27.4 Å². The van der Waals surface area contributed by atoms with Gasteiger partial charge in [-0.1, -0.05) is 58.8 Å². The van der Waals surface area contributed by atoms with Crippen LogP contribution in [-0.2, 0) is 11.2 Å². The van der Waals surface area contributed by atoms with E-state index in [2.05, 4.69) is 17.1 Å². The summed E-state index contributed by atoms with van der Waals surface area (Å²) in [6, 6.07) is 17.1. The van der Waals surface area contributed by atoms with Gasteiger partial charge in [-0.05, 0) is 72.4 Å². The second-order valence-electron chi connectivity index (χ2n) is 8.83. The lowest BCUT2D eigenvalue weighted by Crippen LogP contribution is -2.16.